The second-order valence-corrected chi connectivity index (χ2v) is 4.94. The van der Waals surface area contributed by atoms with Crippen LogP contribution in [0.5, 0.6) is 0 Å². The van der Waals surface area contributed by atoms with E-state index in [2.05, 4.69) is 20.7 Å². The number of carbonyl (C=O) groups excluding carboxylic acids is 1. The number of methoxy groups -OCH3 is 1. The van der Waals surface area contributed by atoms with Gasteiger partial charge in [0.25, 0.3) is 0 Å². The Morgan fingerprint density at radius 3 is 2.58 bits per heavy atom. The molecule has 0 amide bonds. The minimum Gasteiger partial charge on any atom is -0.465 e. The maximum Gasteiger partial charge on any atom is 0.446 e. The number of halogens is 4. The average Bonchev–Trinajstić information content (AvgIpc) is 2.36. The van der Waals surface area contributed by atoms with Crippen LogP contribution in [0.1, 0.15) is 21.5 Å². The smallest absolute Gasteiger partial charge is 0.446 e. The van der Waals surface area contributed by atoms with E-state index in [0.29, 0.717) is 10.9 Å². The highest BCUT2D eigenvalue weighted by molar-refractivity contribution is 9.08. The minimum absolute atomic E-state index is 0.209. The van der Waals surface area contributed by atoms with Crippen LogP contribution in [0.3, 0.4) is 0 Å². The van der Waals surface area contributed by atoms with E-state index in [4.69, 9.17) is 5.26 Å². The molecule has 1 rings (SSSR count). The number of hydrogen-bond acceptors (Lipinski definition) is 4. The van der Waals surface area contributed by atoms with Crippen LogP contribution in [0, 0.1) is 11.3 Å². The van der Waals surface area contributed by atoms with Gasteiger partial charge in [-0.05, 0) is 29.5 Å². The van der Waals surface area contributed by atoms with Gasteiger partial charge in [0, 0.05) is 10.2 Å². The van der Waals surface area contributed by atoms with Gasteiger partial charge < -0.3 is 4.74 Å². The number of nitrogens with zero attached hydrogens (tertiary/aromatic N) is 1. The zero-order valence-electron chi connectivity index (χ0n) is 9.55. The van der Waals surface area contributed by atoms with Gasteiger partial charge in [-0.1, -0.05) is 15.9 Å². The third kappa shape index (κ3) is 4.14. The summed E-state index contributed by atoms with van der Waals surface area (Å²) in [5, 5.41) is 9.22. The number of hydrogen-bond donors (Lipinski definition) is 0. The molecule has 0 aliphatic rings. The number of esters is 1. The average molecular weight is 354 g/mol. The number of carbonyl (C=O) groups is 1. The lowest BCUT2D eigenvalue weighted by atomic mass is 10.1. The number of nitriles is 1. The van der Waals surface area contributed by atoms with Crippen molar-refractivity contribution in [1.82, 2.24) is 0 Å². The first-order valence-corrected chi connectivity index (χ1v) is 6.73. The maximum atomic E-state index is 12.5. The molecule has 0 N–H and O–H groups in total. The second-order valence-electron chi connectivity index (χ2n) is 3.30. The van der Waals surface area contributed by atoms with Crippen LogP contribution >= 0.6 is 27.7 Å². The van der Waals surface area contributed by atoms with Crippen LogP contribution in [0.2, 0.25) is 0 Å². The molecule has 0 saturated carbocycles. The zero-order chi connectivity index (χ0) is 14.6. The highest BCUT2D eigenvalue weighted by Crippen LogP contribution is 2.41. The minimum atomic E-state index is -4.59. The lowest BCUT2D eigenvalue weighted by Crippen LogP contribution is -2.09. The molecule has 19 heavy (non-hydrogen) atoms. The van der Waals surface area contributed by atoms with Crippen LogP contribution in [0.25, 0.3) is 0 Å². The van der Waals surface area contributed by atoms with Gasteiger partial charge in [0.05, 0.1) is 18.2 Å². The van der Waals surface area contributed by atoms with E-state index < -0.39 is 28.1 Å². The van der Waals surface area contributed by atoms with Crippen molar-refractivity contribution in [3.05, 3.63) is 28.8 Å². The monoisotopic (exact) mass is 353 g/mol. The Kier molecular flexibility index (Phi) is 5.26. The summed E-state index contributed by atoms with van der Waals surface area (Å²) in [6, 6.07) is 4.24. The molecule has 1 aromatic rings. The summed E-state index contributed by atoms with van der Waals surface area (Å²) in [6.45, 7) is 0. The molecule has 0 unspecified atom stereocenters. The molecule has 0 spiro atoms. The van der Waals surface area contributed by atoms with Crippen LogP contribution in [0.4, 0.5) is 13.2 Å². The summed E-state index contributed by atoms with van der Waals surface area (Å²) in [6.07, 6.45) is 0. The van der Waals surface area contributed by atoms with Gasteiger partial charge in [-0.3, -0.25) is 0 Å². The molecule has 0 aliphatic heterocycles. The fourth-order valence-electron chi connectivity index (χ4n) is 1.34. The topological polar surface area (TPSA) is 50.1 Å². The molecule has 0 aromatic heterocycles. The van der Waals surface area contributed by atoms with E-state index in [1.807, 2.05) is 0 Å². The van der Waals surface area contributed by atoms with Gasteiger partial charge in [0.2, 0.25) is 0 Å². The van der Waals surface area contributed by atoms with Gasteiger partial charge in [-0.25, -0.2) is 4.79 Å². The van der Waals surface area contributed by atoms with Crippen molar-refractivity contribution in [2.45, 2.75) is 15.7 Å². The largest absolute Gasteiger partial charge is 0.465 e. The Balaban J connectivity index is 3.47. The first-order valence-electron chi connectivity index (χ1n) is 4.79. The van der Waals surface area contributed by atoms with Crippen LogP contribution < -0.4 is 0 Å². The maximum absolute atomic E-state index is 12.5. The number of rotatable bonds is 3. The molecule has 0 aliphatic carbocycles. The Hall–Kier alpha value is -1.20. The summed E-state index contributed by atoms with van der Waals surface area (Å²) in [4.78, 5) is 11.1. The Morgan fingerprint density at radius 1 is 1.53 bits per heavy atom. The Labute approximate surface area is 119 Å². The first-order chi connectivity index (χ1) is 8.82. The second kappa shape index (κ2) is 6.30. The highest BCUT2D eigenvalue weighted by atomic mass is 79.9. The molecular weight excluding hydrogens is 347 g/mol. The lowest BCUT2D eigenvalue weighted by Gasteiger charge is -2.12. The third-order valence-electron chi connectivity index (χ3n) is 2.05. The van der Waals surface area contributed by atoms with Crippen molar-refractivity contribution >= 4 is 33.7 Å². The Morgan fingerprint density at radius 2 is 2.16 bits per heavy atom. The van der Waals surface area contributed by atoms with E-state index in [1.165, 1.54) is 12.1 Å². The summed E-state index contributed by atoms with van der Waals surface area (Å²) in [5.41, 5.74) is -4.55. The molecule has 0 fully saturated rings. The third-order valence-corrected chi connectivity index (χ3v) is 3.57. The number of benzene rings is 1. The molecule has 0 heterocycles. The van der Waals surface area contributed by atoms with Crippen molar-refractivity contribution in [3.63, 3.8) is 0 Å². The lowest BCUT2D eigenvalue weighted by molar-refractivity contribution is -0.0328. The normalized spacial score (nSPS) is 10.9. The predicted molar refractivity (Wildman–Crippen MR) is 67.0 cm³/mol. The summed E-state index contributed by atoms with van der Waals surface area (Å²) in [7, 11) is 1.07. The molecule has 1 aromatic carbocycles. The molecule has 0 bridgehead atoms. The standard InChI is InChI=1S/C11H7BrF3NO2S/c1-18-10(17)8-3-6(4-12)2-7(5-16)9(8)19-11(13,14)15/h2-3H,4H2,1H3. The molecule has 3 nitrogen and oxygen atoms in total. The predicted octanol–water partition coefficient (Wildman–Crippen LogP) is 3.85. The summed E-state index contributed by atoms with van der Waals surface area (Å²) < 4.78 is 41.9. The van der Waals surface area contributed by atoms with Crippen molar-refractivity contribution in [1.29, 1.82) is 5.26 Å². The van der Waals surface area contributed by atoms with E-state index >= 15 is 0 Å². The van der Waals surface area contributed by atoms with E-state index in [9.17, 15) is 18.0 Å². The van der Waals surface area contributed by atoms with Crippen LogP contribution in [-0.4, -0.2) is 18.6 Å². The molecule has 0 radical (unpaired) electrons. The fourth-order valence-corrected chi connectivity index (χ4v) is 2.36. The summed E-state index contributed by atoms with van der Waals surface area (Å²) >= 11 is 2.62. The molecular formula is C11H7BrF3NO2S. The van der Waals surface area contributed by atoms with Crippen LogP contribution in [-0.2, 0) is 10.1 Å². The van der Waals surface area contributed by atoms with Crippen molar-refractivity contribution in [3.8, 4) is 6.07 Å². The highest BCUT2D eigenvalue weighted by Gasteiger charge is 2.33. The quantitative estimate of drug-likeness (QED) is 0.470. The summed E-state index contributed by atoms with van der Waals surface area (Å²) in [5.74, 6) is -0.911. The van der Waals surface area contributed by atoms with Crippen molar-refractivity contribution < 1.29 is 22.7 Å². The number of thioether (sulfide) groups is 1. The molecule has 0 saturated heterocycles. The van der Waals surface area contributed by atoms with E-state index in [0.717, 1.165) is 7.11 Å². The molecule has 0 atom stereocenters. The zero-order valence-corrected chi connectivity index (χ0v) is 11.9. The van der Waals surface area contributed by atoms with E-state index in [1.54, 1.807) is 6.07 Å². The van der Waals surface area contributed by atoms with E-state index in [-0.39, 0.29) is 11.1 Å². The fraction of sp³-hybridized carbons (Fsp3) is 0.273. The van der Waals surface area contributed by atoms with Gasteiger partial charge >= 0.3 is 11.5 Å². The number of alkyl halides is 4. The SMILES string of the molecule is COC(=O)c1cc(CBr)cc(C#N)c1SC(F)(F)F. The van der Waals surface area contributed by atoms with Gasteiger partial charge in [-0.15, -0.1) is 0 Å². The molecule has 102 valence electrons. The van der Waals surface area contributed by atoms with Gasteiger partial charge in [0.1, 0.15) is 6.07 Å². The van der Waals surface area contributed by atoms with Crippen molar-refractivity contribution in [2.24, 2.45) is 0 Å². The molecule has 8 heteroatoms. The number of ether oxygens (including phenoxy) is 1. The Bertz CT molecular complexity index is 540. The van der Waals surface area contributed by atoms with Crippen molar-refractivity contribution in [2.75, 3.05) is 7.11 Å². The van der Waals surface area contributed by atoms with Gasteiger partial charge in [-0.2, -0.15) is 18.4 Å². The van der Waals surface area contributed by atoms with Gasteiger partial charge in [0.15, 0.2) is 0 Å². The van der Waals surface area contributed by atoms with Crippen LogP contribution in [0.15, 0.2) is 17.0 Å². The first kappa shape index (κ1) is 15.9.